The molecule has 0 radical (unpaired) electrons. The number of esters is 1. The summed E-state index contributed by atoms with van der Waals surface area (Å²) in [6.45, 7) is 2.20. The van der Waals surface area contributed by atoms with Crippen LogP contribution in [-0.4, -0.2) is 77.3 Å². The number of carbonyl (C=O) groups is 2. The molecule has 0 bridgehead atoms. The summed E-state index contributed by atoms with van der Waals surface area (Å²) >= 11 is 0. The van der Waals surface area contributed by atoms with Crippen molar-refractivity contribution in [3.05, 3.63) is 65.5 Å². The summed E-state index contributed by atoms with van der Waals surface area (Å²) in [7, 11) is 1.31. The second kappa shape index (κ2) is 10.1. The summed E-state index contributed by atoms with van der Waals surface area (Å²) in [4.78, 5) is 31.6. The fraction of sp³-hybridized carbons (Fsp3) is 0.519. The number of hydrogen-bond acceptors (Lipinski definition) is 6. The topological polar surface area (TPSA) is 72.0 Å². The second-order valence-corrected chi connectivity index (χ2v) is 10.2. The molecule has 1 aromatic heterocycles. The van der Waals surface area contributed by atoms with Gasteiger partial charge in [-0.25, -0.2) is 9.78 Å². The molecule has 3 fully saturated rings. The molecule has 198 valence electrons. The lowest BCUT2D eigenvalue weighted by Crippen LogP contribution is -2.50. The standard InChI is InChI=1S/C27H30F3N3O4/c1-36-24(34)22-8-7-18(15-31-22)16-32-11-9-26(10-12-32)14-20(17-37-26)33(25(35)27(28,29)30)23-13-21(23)19-5-3-2-4-6-19/h2-8,15,20-21,23H,9-14,16-17H2,1H3/t20?,21-,23+/m0/s1. The Morgan fingerprint density at radius 1 is 1.16 bits per heavy atom. The Morgan fingerprint density at radius 3 is 2.51 bits per heavy atom. The lowest BCUT2D eigenvalue weighted by Gasteiger charge is -2.39. The molecule has 1 amide bonds. The van der Waals surface area contributed by atoms with E-state index in [4.69, 9.17) is 4.74 Å². The van der Waals surface area contributed by atoms with Gasteiger partial charge in [-0.1, -0.05) is 36.4 Å². The molecule has 1 aliphatic carbocycles. The highest BCUT2D eigenvalue weighted by Gasteiger charge is 2.57. The van der Waals surface area contributed by atoms with Crippen LogP contribution in [0.5, 0.6) is 0 Å². The summed E-state index contributed by atoms with van der Waals surface area (Å²) < 4.78 is 51.6. The Kier molecular flexibility index (Phi) is 6.97. The van der Waals surface area contributed by atoms with Gasteiger partial charge in [0.2, 0.25) is 0 Å². The molecule has 5 rings (SSSR count). The van der Waals surface area contributed by atoms with E-state index >= 15 is 0 Å². The minimum atomic E-state index is -4.92. The summed E-state index contributed by atoms with van der Waals surface area (Å²) in [5.74, 6) is -2.33. The van der Waals surface area contributed by atoms with Gasteiger partial charge in [0.1, 0.15) is 5.69 Å². The Morgan fingerprint density at radius 2 is 1.89 bits per heavy atom. The summed E-state index contributed by atoms with van der Waals surface area (Å²) in [6.07, 6.45) is -0.962. The smallest absolute Gasteiger partial charge is 0.464 e. The van der Waals surface area contributed by atoms with Crippen LogP contribution in [0.1, 0.15) is 53.2 Å². The average Bonchev–Trinajstić information content (AvgIpc) is 3.58. The van der Waals surface area contributed by atoms with Gasteiger partial charge in [-0.2, -0.15) is 13.2 Å². The number of amides is 1. The SMILES string of the molecule is COC(=O)c1ccc(CN2CCC3(CC2)CC(N(C(=O)C(F)(F)F)[C@@H]2C[C@H]2c2ccccc2)CO3)cn1. The minimum Gasteiger partial charge on any atom is -0.464 e. The lowest BCUT2D eigenvalue weighted by molar-refractivity contribution is -0.188. The lowest BCUT2D eigenvalue weighted by atomic mass is 9.86. The van der Waals surface area contributed by atoms with Crippen molar-refractivity contribution in [1.82, 2.24) is 14.8 Å². The maximum absolute atomic E-state index is 13.6. The number of rotatable bonds is 6. The van der Waals surface area contributed by atoms with Gasteiger partial charge in [0, 0.05) is 37.8 Å². The normalized spacial score (nSPS) is 25.1. The maximum Gasteiger partial charge on any atom is 0.471 e. The number of piperidine rings is 1. The highest BCUT2D eigenvalue weighted by Crippen LogP contribution is 2.49. The first-order valence-electron chi connectivity index (χ1n) is 12.5. The summed E-state index contributed by atoms with van der Waals surface area (Å²) in [5, 5.41) is 0. The number of benzene rings is 1. The number of hydrogen-bond donors (Lipinski definition) is 0. The first-order chi connectivity index (χ1) is 17.7. The molecule has 1 aromatic carbocycles. The Balaban J connectivity index is 1.21. The van der Waals surface area contributed by atoms with Crippen molar-refractivity contribution in [2.24, 2.45) is 0 Å². The average molecular weight is 518 g/mol. The van der Waals surface area contributed by atoms with Gasteiger partial charge in [-0.05, 0) is 42.9 Å². The van der Waals surface area contributed by atoms with Crippen molar-refractivity contribution < 1.29 is 32.2 Å². The van der Waals surface area contributed by atoms with Crippen LogP contribution in [0.25, 0.3) is 0 Å². The fourth-order valence-corrected chi connectivity index (χ4v) is 5.75. The van der Waals surface area contributed by atoms with Crippen LogP contribution in [0.4, 0.5) is 13.2 Å². The molecule has 3 aliphatic rings. The molecule has 1 spiro atoms. The molecule has 2 aromatic rings. The molecule has 0 N–H and O–H groups in total. The molecular weight excluding hydrogens is 487 g/mol. The second-order valence-electron chi connectivity index (χ2n) is 10.2. The van der Waals surface area contributed by atoms with E-state index in [0.717, 1.165) is 29.1 Å². The zero-order chi connectivity index (χ0) is 26.2. The van der Waals surface area contributed by atoms with E-state index in [1.54, 1.807) is 12.3 Å². The summed E-state index contributed by atoms with van der Waals surface area (Å²) in [5.41, 5.74) is 1.65. The fourth-order valence-electron chi connectivity index (χ4n) is 5.75. The van der Waals surface area contributed by atoms with E-state index < -0.39 is 35.7 Å². The van der Waals surface area contributed by atoms with Gasteiger partial charge in [-0.15, -0.1) is 0 Å². The van der Waals surface area contributed by atoms with Gasteiger partial charge >= 0.3 is 18.1 Å². The molecule has 2 aliphatic heterocycles. The zero-order valence-electron chi connectivity index (χ0n) is 20.6. The van der Waals surface area contributed by atoms with Crippen LogP contribution in [0.2, 0.25) is 0 Å². The van der Waals surface area contributed by atoms with Crippen LogP contribution in [0.15, 0.2) is 48.7 Å². The van der Waals surface area contributed by atoms with E-state index in [0.29, 0.717) is 32.2 Å². The Hall–Kier alpha value is -2.98. The van der Waals surface area contributed by atoms with Crippen LogP contribution < -0.4 is 0 Å². The molecule has 1 unspecified atom stereocenters. The largest absolute Gasteiger partial charge is 0.471 e. The van der Waals surface area contributed by atoms with E-state index in [1.165, 1.54) is 7.11 Å². The number of methoxy groups -OCH3 is 1. The molecule has 10 heteroatoms. The van der Waals surface area contributed by atoms with Crippen molar-refractivity contribution in [1.29, 1.82) is 0 Å². The predicted molar refractivity (Wildman–Crippen MR) is 128 cm³/mol. The van der Waals surface area contributed by atoms with Crippen LogP contribution >= 0.6 is 0 Å². The third-order valence-corrected chi connectivity index (χ3v) is 7.79. The molecule has 37 heavy (non-hydrogen) atoms. The number of pyridine rings is 1. The molecule has 7 nitrogen and oxygen atoms in total. The van der Waals surface area contributed by atoms with Gasteiger partial charge in [0.25, 0.3) is 0 Å². The monoisotopic (exact) mass is 517 g/mol. The third-order valence-electron chi connectivity index (χ3n) is 7.79. The zero-order valence-corrected chi connectivity index (χ0v) is 20.6. The number of ether oxygens (including phenoxy) is 2. The molecule has 2 saturated heterocycles. The van der Waals surface area contributed by atoms with Gasteiger partial charge in [0.15, 0.2) is 0 Å². The Bertz CT molecular complexity index is 1120. The van der Waals surface area contributed by atoms with Gasteiger partial charge in [-0.3, -0.25) is 9.69 Å². The van der Waals surface area contributed by atoms with E-state index in [2.05, 4.69) is 14.6 Å². The van der Waals surface area contributed by atoms with Gasteiger partial charge in [0.05, 0.1) is 25.4 Å². The predicted octanol–water partition coefficient (Wildman–Crippen LogP) is 3.94. The highest BCUT2D eigenvalue weighted by atomic mass is 19.4. The quantitative estimate of drug-likeness (QED) is 0.541. The number of halogens is 3. The van der Waals surface area contributed by atoms with Crippen molar-refractivity contribution in [3.63, 3.8) is 0 Å². The number of nitrogens with zero attached hydrogens (tertiary/aromatic N) is 3. The Labute approximate surface area is 213 Å². The van der Waals surface area contributed by atoms with Gasteiger partial charge < -0.3 is 14.4 Å². The van der Waals surface area contributed by atoms with E-state index in [-0.39, 0.29) is 18.2 Å². The molecule has 1 saturated carbocycles. The van der Waals surface area contributed by atoms with Crippen molar-refractivity contribution >= 4 is 11.9 Å². The summed E-state index contributed by atoms with van der Waals surface area (Å²) in [6, 6.07) is 11.8. The van der Waals surface area contributed by atoms with Crippen molar-refractivity contribution in [2.75, 3.05) is 26.8 Å². The number of likely N-dealkylation sites (tertiary alicyclic amines) is 1. The van der Waals surface area contributed by atoms with E-state index in [1.807, 2.05) is 36.4 Å². The number of alkyl halides is 3. The van der Waals surface area contributed by atoms with Crippen molar-refractivity contribution in [3.8, 4) is 0 Å². The number of carbonyl (C=O) groups excluding carboxylic acids is 2. The molecule has 3 atom stereocenters. The first kappa shape index (κ1) is 25.7. The van der Waals surface area contributed by atoms with Crippen LogP contribution in [0, 0.1) is 0 Å². The molecular formula is C27H30F3N3O4. The maximum atomic E-state index is 13.6. The highest BCUT2D eigenvalue weighted by molar-refractivity contribution is 5.87. The third kappa shape index (κ3) is 5.50. The first-order valence-corrected chi connectivity index (χ1v) is 12.5. The van der Waals surface area contributed by atoms with Crippen LogP contribution in [-0.2, 0) is 20.8 Å². The van der Waals surface area contributed by atoms with E-state index in [9.17, 15) is 22.8 Å². The van der Waals surface area contributed by atoms with Crippen LogP contribution in [0.3, 0.4) is 0 Å². The minimum absolute atomic E-state index is 0.0786. The molecule has 3 heterocycles. The number of aromatic nitrogens is 1. The van der Waals surface area contributed by atoms with Crippen molar-refractivity contribution in [2.45, 2.75) is 62.0 Å².